The first-order chi connectivity index (χ1) is 16.6. The number of carbonyl (C=O) groups is 2. The van der Waals surface area contributed by atoms with Crippen molar-refractivity contribution in [1.82, 2.24) is 9.13 Å². The minimum atomic E-state index is -0.705. The van der Waals surface area contributed by atoms with Crippen molar-refractivity contribution in [1.29, 1.82) is 0 Å². The van der Waals surface area contributed by atoms with Gasteiger partial charge < -0.3 is 19.8 Å². The lowest BCUT2D eigenvalue weighted by Gasteiger charge is -2.29. The molecular weight excluding hydrogens is 444 g/mol. The summed E-state index contributed by atoms with van der Waals surface area (Å²) in [6.07, 6.45) is 5.05. The van der Waals surface area contributed by atoms with E-state index in [0.29, 0.717) is 19.5 Å². The molecule has 188 valence electrons. The third-order valence-corrected chi connectivity index (χ3v) is 7.20. The SMILES string of the molecule is Cc1n(CC2CCc3c(c4ccccc4n3C)C2=O)cc[n+]1COC(=O)OC(CCN)C(C)(C)C. The Bertz CT molecular complexity index is 1230. The van der Waals surface area contributed by atoms with E-state index >= 15 is 0 Å². The van der Waals surface area contributed by atoms with E-state index < -0.39 is 6.16 Å². The molecule has 0 radical (unpaired) electrons. The second-order valence-electron chi connectivity index (χ2n) is 10.5. The second kappa shape index (κ2) is 9.85. The predicted molar refractivity (Wildman–Crippen MR) is 133 cm³/mol. The zero-order chi connectivity index (χ0) is 25.3. The van der Waals surface area contributed by atoms with E-state index in [2.05, 4.69) is 15.2 Å². The van der Waals surface area contributed by atoms with Crippen LogP contribution in [0.5, 0.6) is 0 Å². The quantitative estimate of drug-likeness (QED) is 0.408. The maximum atomic E-state index is 13.5. The highest BCUT2D eigenvalue weighted by Crippen LogP contribution is 2.34. The Hall–Kier alpha value is -3.13. The molecular formula is C27H37N4O4+. The molecule has 0 aliphatic heterocycles. The number of rotatable bonds is 7. The number of aryl methyl sites for hydroxylation is 1. The Morgan fingerprint density at radius 3 is 2.74 bits per heavy atom. The standard InChI is InChI=1S/C27H37N4O4/c1-18-30(14-15-31(18)17-34-26(33)35-23(12-13-28)27(2,3)4)16-19-10-11-22-24(25(19)32)20-8-6-7-9-21(20)29(22)5/h6-9,14-15,19,23H,10-13,16-17,28H2,1-5H3/q+1. The van der Waals surface area contributed by atoms with Crippen LogP contribution in [0.2, 0.25) is 0 Å². The zero-order valence-electron chi connectivity index (χ0n) is 21.4. The van der Waals surface area contributed by atoms with Gasteiger partial charge >= 0.3 is 6.16 Å². The van der Waals surface area contributed by atoms with Gasteiger partial charge in [-0.1, -0.05) is 39.0 Å². The minimum absolute atomic E-state index is 0.0449. The summed E-state index contributed by atoms with van der Waals surface area (Å²) in [6, 6.07) is 8.11. The van der Waals surface area contributed by atoms with Crippen LogP contribution in [0, 0.1) is 18.3 Å². The number of ether oxygens (including phenoxy) is 2. The smallest absolute Gasteiger partial charge is 0.430 e. The molecule has 8 heteroatoms. The average Bonchev–Trinajstić information content (AvgIpc) is 3.31. The zero-order valence-corrected chi connectivity index (χ0v) is 21.4. The molecule has 0 bridgehead atoms. The number of fused-ring (bicyclic) bond motifs is 3. The van der Waals surface area contributed by atoms with Crippen LogP contribution in [-0.2, 0) is 36.2 Å². The summed E-state index contributed by atoms with van der Waals surface area (Å²) < 4.78 is 17.0. The van der Waals surface area contributed by atoms with Gasteiger partial charge in [0.1, 0.15) is 25.0 Å². The van der Waals surface area contributed by atoms with E-state index in [1.54, 1.807) is 0 Å². The van der Waals surface area contributed by atoms with E-state index in [9.17, 15) is 9.59 Å². The summed E-state index contributed by atoms with van der Waals surface area (Å²) in [5.74, 6) is 1.02. The normalized spacial score (nSPS) is 16.9. The summed E-state index contributed by atoms with van der Waals surface area (Å²) >= 11 is 0. The van der Waals surface area contributed by atoms with Crippen LogP contribution < -0.4 is 10.3 Å². The Balaban J connectivity index is 1.42. The van der Waals surface area contributed by atoms with Gasteiger partial charge in [0.25, 0.3) is 5.82 Å². The Morgan fingerprint density at radius 2 is 2.03 bits per heavy atom. The molecule has 2 aromatic heterocycles. The third kappa shape index (κ3) is 4.98. The third-order valence-electron chi connectivity index (χ3n) is 7.20. The highest BCUT2D eigenvalue weighted by molar-refractivity contribution is 6.11. The lowest BCUT2D eigenvalue weighted by Crippen LogP contribution is -2.40. The number of Topliss-reactive ketones (excluding diaryl/α,β-unsaturated/α-hetero) is 1. The van der Waals surface area contributed by atoms with Crippen LogP contribution in [0.1, 0.15) is 55.5 Å². The van der Waals surface area contributed by atoms with E-state index in [1.807, 2.05) is 69.9 Å². The van der Waals surface area contributed by atoms with Gasteiger partial charge in [0.2, 0.25) is 6.73 Å². The number of carbonyl (C=O) groups excluding carboxylic acids is 2. The lowest BCUT2D eigenvalue weighted by molar-refractivity contribution is -0.732. The van der Waals surface area contributed by atoms with Crippen molar-refractivity contribution in [3.63, 3.8) is 0 Å². The number of hydrogen-bond acceptors (Lipinski definition) is 5. The second-order valence-corrected chi connectivity index (χ2v) is 10.5. The fraction of sp³-hybridized carbons (Fsp3) is 0.519. The van der Waals surface area contributed by atoms with Crippen molar-refractivity contribution in [3.8, 4) is 0 Å². The monoisotopic (exact) mass is 481 g/mol. The molecule has 0 spiro atoms. The van der Waals surface area contributed by atoms with Gasteiger partial charge in [-0.2, -0.15) is 4.57 Å². The maximum Gasteiger partial charge on any atom is 0.511 e. The Kier molecular flexibility index (Phi) is 7.03. The first-order valence-electron chi connectivity index (χ1n) is 12.3. The number of benzene rings is 1. The van der Waals surface area contributed by atoms with Crippen molar-refractivity contribution >= 4 is 22.8 Å². The average molecular weight is 482 g/mol. The van der Waals surface area contributed by atoms with E-state index in [-0.39, 0.29) is 30.0 Å². The number of aromatic nitrogens is 3. The summed E-state index contributed by atoms with van der Waals surface area (Å²) in [5, 5.41) is 1.04. The van der Waals surface area contributed by atoms with Gasteiger partial charge in [-0.25, -0.2) is 9.36 Å². The number of nitrogens with two attached hydrogens (primary N) is 1. The molecule has 1 aliphatic carbocycles. The summed E-state index contributed by atoms with van der Waals surface area (Å²) in [5.41, 5.74) is 8.54. The van der Waals surface area contributed by atoms with Crippen molar-refractivity contribution in [3.05, 3.63) is 53.7 Å². The molecule has 8 nitrogen and oxygen atoms in total. The van der Waals surface area contributed by atoms with E-state index in [1.165, 1.54) is 0 Å². The highest BCUT2D eigenvalue weighted by atomic mass is 16.7. The minimum Gasteiger partial charge on any atom is -0.430 e. The number of nitrogens with zero attached hydrogens (tertiary/aromatic N) is 3. The van der Waals surface area contributed by atoms with Crippen LogP contribution in [-0.4, -0.2) is 33.7 Å². The molecule has 1 aliphatic rings. The topological polar surface area (TPSA) is 92.4 Å². The molecule has 0 saturated carbocycles. The summed E-state index contributed by atoms with van der Waals surface area (Å²) in [7, 11) is 2.04. The fourth-order valence-corrected chi connectivity index (χ4v) is 5.04. The van der Waals surface area contributed by atoms with Crippen LogP contribution in [0.3, 0.4) is 0 Å². The van der Waals surface area contributed by atoms with Crippen LogP contribution in [0.15, 0.2) is 36.7 Å². The number of ketones is 1. The first kappa shape index (κ1) is 25.0. The summed E-state index contributed by atoms with van der Waals surface area (Å²) in [6.45, 7) is 9.05. The Labute approximate surface area is 206 Å². The number of para-hydroxylation sites is 1. The van der Waals surface area contributed by atoms with Crippen molar-refractivity contribution in [2.45, 2.75) is 66.3 Å². The van der Waals surface area contributed by atoms with Gasteiger partial charge in [0.05, 0.1) is 5.92 Å². The van der Waals surface area contributed by atoms with Crippen LogP contribution in [0.4, 0.5) is 4.79 Å². The van der Waals surface area contributed by atoms with Gasteiger partial charge in [-0.3, -0.25) is 4.79 Å². The molecule has 2 N–H and O–H groups in total. The first-order valence-corrected chi connectivity index (χ1v) is 12.3. The summed E-state index contributed by atoms with van der Waals surface area (Å²) in [4.78, 5) is 25.8. The molecule has 0 saturated heterocycles. The molecule has 1 aromatic carbocycles. The maximum absolute atomic E-state index is 13.5. The number of hydrogen-bond donors (Lipinski definition) is 1. The molecule has 3 aromatic rings. The highest BCUT2D eigenvalue weighted by Gasteiger charge is 2.34. The van der Waals surface area contributed by atoms with Crippen LogP contribution >= 0.6 is 0 Å². The molecule has 35 heavy (non-hydrogen) atoms. The molecule has 0 amide bonds. The van der Waals surface area contributed by atoms with Crippen molar-refractivity contribution < 1.29 is 23.6 Å². The lowest BCUT2D eigenvalue weighted by atomic mass is 9.85. The van der Waals surface area contributed by atoms with Gasteiger partial charge in [-0.15, -0.1) is 0 Å². The largest absolute Gasteiger partial charge is 0.511 e. The van der Waals surface area contributed by atoms with Crippen molar-refractivity contribution in [2.24, 2.45) is 24.1 Å². The number of imidazole rings is 1. The van der Waals surface area contributed by atoms with Gasteiger partial charge in [-0.05, 0) is 37.3 Å². The predicted octanol–water partition coefficient (Wildman–Crippen LogP) is 3.90. The van der Waals surface area contributed by atoms with Crippen LogP contribution in [0.25, 0.3) is 10.9 Å². The van der Waals surface area contributed by atoms with Crippen molar-refractivity contribution in [2.75, 3.05) is 6.54 Å². The molecule has 2 atom stereocenters. The molecule has 0 fully saturated rings. The van der Waals surface area contributed by atoms with E-state index in [0.717, 1.165) is 40.8 Å². The van der Waals surface area contributed by atoms with Gasteiger partial charge in [0.15, 0.2) is 5.78 Å². The van der Waals surface area contributed by atoms with E-state index in [4.69, 9.17) is 15.2 Å². The van der Waals surface area contributed by atoms with Gasteiger partial charge in [0, 0.05) is 36.1 Å². The molecule has 2 unspecified atom stereocenters. The molecule has 2 heterocycles. The molecule has 4 rings (SSSR count). The fourth-order valence-electron chi connectivity index (χ4n) is 5.04. The Morgan fingerprint density at radius 1 is 1.29 bits per heavy atom.